The van der Waals surface area contributed by atoms with Crippen LogP contribution in [0.4, 0.5) is 5.82 Å². The summed E-state index contributed by atoms with van der Waals surface area (Å²) in [5.74, 6) is 0.257. The Kier molecular flexibility index (Phi) is 4.68. The third-order valence-corrected chi connectivity index (χ3v) is 3.90. The van der Waals surface area contributed by atoms with E-state index >= 15 is 0 Å². The molecule has 2 aromatic rings. The standard InChI is InChI=1S/C13H21N7O3/c1-15-2-3-16-4-7-9(21)10(22)13(23-7)20-6-19-8-11(14)17-5-18-12(8)20/h5-7,9-10,13,15-16,21-22H,2-4H2,1H3,(H2,14,17,18)/t7-,9-,10-,13-/m1/s1. The Morgan fingerprint density at radius 3 is 2.87 bits per heavy atom. The van der Waals surface area contributed by atoms with E-state index in [2.05, 4.69) is 25.6 Å². The fourth-order valence-corrected chi connectivity index (χ4v) is 2.64. The first-order valence-electron chi connectivity index (χ1n) is 7.43. The minimum atomic E-state index is -1.08. The number of likely N-dealkylation sites (N-methyl/N-ethyl adjacent to an activating group) is 1. The maximum atomic E-state index is 10.3. The summed E-state index contributed by atoms with van der Waals surface area (Å²) in [6, 6.07) is 0. The van der Waals surface area contributed by atoms with Gasteiger partial charge in [0.15, 0.2) is 17.7 Å². The first-order chi connectivity index (χ1) is 11.1. The van der Waals surface area contributed by atoms with E-state index in [1.54, 1.807) is 4.57 Å². The highest BCUT2D eigenvalue weighted by molar-refractivity contribution is 5.81. The Hall–Kier alpha value is -1.85. The molecule has 0 unspecified atom stereocenters. The lowest BCUT2D eigenvalue weighted by atomic mass is 10.1. The number of imidazole rings is 1. The van der Waals surface area contributed by atoms with Gasteiger partial charge in [-0.1, -0.05) is 0 Å². The Balaban J connectivity index is 1.76. The fraction of sp³-hybridized carbons (Fsp3) is 0.615. The highest BCUT2D eigenvalue weighted by Crippen LogP contribution is 2.31. The van der Waals surface area contributed by atoms with Crippen LogP contribution in [-0.2, 0) is 4.74 Å². The van der Waals surface area contributed by atoms with Gasteiger partial charge in [-0.2, -0.15) is 0 Å². The van der Waals surface area contributed by atoms with Crippen LogP contribution in [-0.4, -0.2) is 74.7 Å². The largest absolute Gasteiger partial charge is 0.387 e. The van der Waals surface area contributed by atoms with Crippen LogP contribution < -0.4 is 16.4 Å². The molecule has 4 atom stereocenters. The molecule has 0 aliphatic carbocycles. The summed E-state index contributed by atoms with van der Waals surface area (Å²) in [4.78, 5) is 12.2. The van der Waals surface area contributed by atoms with Crippen LogP contribution in [0.15, 0.2) is 12.7 Å². The number of rotatable bonds is 6. The van der Waals surface area contributed by atoms with Crippen molar-refractivity contribution in [1.29, 1.82) is 0 Å². The van der Waals surface area contributed by atoms with Crippen molar-refractivity contribution in [3.8, 4) is 0 Å². The number of fused-ring (bicyclic) bond motifs is 1. The number of hydrogen-bond acceptors (Lipinski definition) is 9. The minimum absolute atomic E-state index is 0.257. The van der Waals surface area contributed by atoms with E-state index in [1.807, 2.05) is 7.05 Å². The molecule has 10 heteroatoms. The molecule has 0 amide bonds. The molecule has 0 bridgehead atoms. The molecule has 1 fully saturated rings. The summed E-state index contributed by atoms with van der Waals surface area (Å²) >= 11 is 0. The predicted octanol–water partition coefficient (Wildman–Crippen LogP) is -2.16. The third kappa shape index (κ3) is 2.99. The van der Waals surface area contributed by atoms with E-state index in [0.717, 1.165) is 13.1 Å². The molecule has 0 aromatic carbocycles. The number of hydrogen-bond donors (Lipinski definition) is 5. The second kappa shape index (κ2) is 6.72. The van der Waals surface area contributed by atoms with Gasteiger partial charge in [-0.3, -0.25) is 4.57 Å². The first-order valence-corrected chi connectivity index (χ1v) is 7.43. The predicted molar refractivity (Wildman–Crippen MR) is 82.5 cm³/mol. The molecule has 1 aliphatic rings. The van der Waals surface area contributed by atoms with E-state index in [9.17, 15) is 10.2 Å². The highest BCUT2D eigenvalue weighted by Gasteiger charge is 2.44. The highest BCUT2D eigenvalue weighted by atomic mass is 16.6. The van der Waals surface area contributed by atoms with E-state index in [1.165, 1.54) is 12.7 Å². The zero-order valence-electron chi connectivity index (χ0n) is 12.8. The van der Waals surface area contributed by atoms with Gasteiger partial charge in [-0.15, -0.1) is 0 Å². The summed E-state index contributed by atoms with van der Waals surface area (Å²) < 4.78 is 7.36. The van der Waals surface area contributed by atoms with Crippen molar-refractivity contribution in [2.45, 2.75) is 24.5 Å². The van der Waals surface area contributed by atoms with Gasteiger partial charge in [-0.05, 0) is 7.05 Å². The van der Waals surface area contributed by atoms with Crippen LogP contribution in [0.1, 0.15) is 6.23 Å². The van der Waals surface area contributed by atoms with Crippen molar-refractivity contribution in [2.75, 3.05) is 32.4 Å². The molecule has 1 saturated heterocycles. The molecule has 23 heavy (non-hydrogen) atoms. The Morgan fingerprint density at radius 1 is 1.26 bits per heavy atom. The Bertz CT molecular complexity index is 664. The fourth-order valence-electron chi connectivity index (χ4n) is 2.64. The van der Waals surface area contributed by atoms with Crippen LogP contribution in [0.25, 0.3) is 11.2 Å². The number of aliphatic hydroxyl groups is 2. The van der Waals surface area contributed by atoms with Gasteiger partial charge in [0.05, 0.1) is 6.33 Å². The number of nitrogens with two attached hydrogens (primary N) is 1. The number of nitrogens with one attached hydrogen (secondary N) is 2. The summed E-state index contributed by atoms with van der Waals surface area (Å²) in [6.07, 6.45) is -0.584. The Labute approximate surface area is 132 Å². The maximum Gasteiger partial charge on any atom is 0.167 e. The molecule has 10 nitrogen and oxygen atoms in total. The van der Waals surface area contributed by atoms with Gasteiger partial charge in [0, 0.05) is 19.6 Å². The van der Waals surface area contributed by atoms with Crippen LogP contribution in [0.2, 0.25) is 0 Å². The van der Waals surface area contributed by atoms with Crippen LogP contribution in [0, 0.1) is 0 Å². The molecule has 0 spiro atoms. The number of anilines is 1. The molecular formula is C13H21N7O3. The minimum Gasteiger partial charge on any atom is -0.387 e. The van der Waals surface area contributed by atoms with Crippen LogP contribution in [0.3, 0.4) is 0 Å². The van der Waals surface area contributed by atoms with Gasteiger partial charge < -0.3 is 31.3 Å². The van der Waals surface area contributed by atoms with E-state index < -0.39 is 24.5 Å². The van der Waals surface area contributed by atoms with E-state index in [4.69, 9.17) is 10.5 Å². The van der Waals surface area contributed by atoms with E-state index in [0.29, 0.717) is 17.7 Å². The normalized spacial score (nSPS) is 27.8. The number of ether oxygens (including phenoxy) is 1. The number of nitrogen functional groups attached to an aromatic ring is 1. The lowest BCUT2D eigenvalue weighted by Gasteiger charge is -2.16. The molecular weight excluding hydrogens is 302 g/mol. The Morgan fingerprint density at radius 2 is 2.09 bits per heavy atom. The second-order valence-corrected chi connectivity index (χ2v) is 5.44. The maximum absolute atomic E-state index is 10.3. The van der Waals surface area contributed by atoms with Crippen molar-refractivity contribution in [3.63, 3.8) is 0 Å². The van der Waals surface area contributed by atoms with Crippen molar-refractivity contribution in [2.24, 2.45) is 0 Å². The summed E-state index contributed by atoms with van der Waals surface area (Å²) in [6.45, 7) is 1.97. The summed E-state index contributed by atoms with van der Waals surface area (Å²) in [5.41, 5.74) is 6.65. The first kappa shape index (κ1) is 16.0. The smallest absolute Gasteiger partial charge is 0.167 e. The molecule has 2 aromatic heterocycles. The van der Waals surface area contributed by atoms with Gasteiger partial charge in [0.2, 0.25) is 0 Å². The van der Waals surface area contributed by atoms with Crippen LogP contribution in [0.5, 0.6) is 0 Å². The monoisotopic (exact) mass is 323 g/mol. The SMILES string of the molecule is CNCCNC[C@H]1O[C@@H](n2cnc3c(N)ncnc32)[C@H](O)[C@@H]1O. The van der Waals surface area contributed by atoms with Crippen molar-refractivity contribution < 1.29 is 14.9 Å². The summed E-state index contributed by atoms with van der Waals surface area (Å²) in [7, 11) is 1.86. The molecule has 3 rings (SSSR count). The second-order valence-electron chi connectivity index (χ2n) is 5.44. The molecule has 1 aliphatic heterocycles. The molecule has 3 heterocycles. The molecule has 0 radical (unpaired) electrons. The topological polar surface area (TPSA) is 143 Å². The quantitative estimate of drug-likeness (QED) is 0.375. The average Bonchev–Trinajstić information content (AvgIpc) is 3.09. The third-order valence-electron chi connectivity index (χ3n) is 3.90. The van der Waals surface area contributed by atoms with Crippen molar-refractivity contribution in [1.82, 2.24) is 30.2 Å². The molecule has 6 N–H and O–H groups in total. The number of nitrogens with zero attached hydrogens (tertiary/aromatic N) is 4. The van der Waals surface area contributed by atoms with Gasteiger partial charge >= 0.3 is 0 Å². The lowest BCUT2D eigenvalue weighted by molar-refractivity contribution is -0.0341. The van der Waals surface area contributed by atoms with E-state index in [-0.39, 0.29) is 5.82 Å². The average molecular weight is 323 g/mol. The number of aromatic nitrogens is 4. The van der Waals surface area contributed by atoms with Gasteiger partial charge in [0.1, 0.15) is 30.2 Å². The number of aliphatic hydroxyl groups excluding tert-OH is 2. The van der Waals surface area contributed by atoms with Crippen molar-refractivity contribution >= 4 is 17.0 Å². The van der Waals surface area contributed by atoms with Gasteiger partial charge in [-0.25, -0.2) is 15.0 Å². The van der Waals surface area contributed by atoms with Crippen molar-refractivity contribution in [3.05, 3.63) is 12.7 Å². The lowest BCUT2D eigenvalue weighted by Crippen LogP contribution is -2.39. The van der Waals surface area contributed by atoms with Crippen LogP contribution >= 0.6 is 0 Å². The zero-order chi connectivity index (χ0) is 16.4. The molecule has 0 saturated carbocycles. The molecule has 126 valence electrons. The summed E-state index contributed by atoms with van der Waals surface area (Å²) in [5, 5.41) is 26.7. The van der Waals surface area contributed by atoms with Gasteiger partial charge in [0.25, 0.3) is 0 Å². The zero-order valence-corrected chi connectivity index (χ0v) is 12.8.